The van der Waals surface area contributed by atoms with Crippen molar-refractivity contribution in [3.05, 3.63) is 130 Å². The molecule has 0 spiro atoms. The van der Waals surface area contributed by atoms with E-state index in [0.29, 0.717) is 11.3 Å². The molecule has 0 unspecified atom stereocenters. The van der Waals surface area contributed by atoms with Gasteiger partial charge in [0, 0.05) is 17.3 Å². The van der Waals surface area contributed by atoms with Crippen LogP contribution < -0.4 is 4.90 Å². The third-order valence-electron chi connectivity index (χ3n) is 7.45. The number of carbonyl (C=O) groups excluding carboxylic acids is 3. The SMILES string of the molecule is COC(=O)[C@H](OC1=C(C(=O)c2ccc(C(C)C)cc2)[C@H](c2ccc(C(F)(F)F)nc2)N(c2ccc(C)nn2)C1=O)c1ccccc1. The first kappa shape index (κ1) is 32.0. The van der Waals surface area contributed by atoms with Crippen LogP contribution in [-0.2, 0) is 25.2 Å². The van der Waals surface area contributed by atoms with Crippen LogP contribution in [0, 0.1) is 6.92 Å². The number of amides is 1. The number of anilines is 1. The van der Waals surface area contributed by atoms with Gasteiger partial charge in [0.1, 0.15) is 5.69 Å². The molecule has 1 aliphatic heterocycles. The number of esters is 1. The van der Waals surface area contributed by atoms with E-state index in [1.807, 2.05) is 13.8 Å². The zero-order valence-electron chi connectivity index (χ0n) is 25.3. The van der Waals surface area contributed by atoms with Gasteiger partial charge in [-0.1, -0.05) is 74.5 Å². The number of aryl methyl sites for hydroxylation is 1. The van der Waals surface area contributed by atoms with Crippen molar-refractivity contribution in [2.75, 3.05) is 12.0 Å². The molecule has 46 heavy (non-hydrogen) atoms. The van der Waals surface area contributed by atoms with Crippen LogP contribution in [0.3, 0.4) is 0 Å². The number of ketones is 1. The van der Waals surface area contributed by atoms with Crippen molar-refractivity contribution in [2.45, 2.75) is 45.0 Å². The molecule has 236 valence electrons. The molecule has 5 rings (SSSR count). The average Bonchev–Trinajstić information content (AvgIpc) is 3.34. The minimum atomic E-state index is -4.73. The lowest BCUT2D eigenvalue weighted by Gasteiger charge is -2.25. The molecule has 0 saturated carbocycles. The van der Waals surface area contributed by atoms with Crippen LogP contribution in [0.2, 0.25) is 0 Å². The lowest BCUT2D eigenvalue weighted by atomic mass is 9.92. The summed E-state index contributed by atoms with van der Waals surface area (Å²) in [7, 11) is 1.15. The highest BCUT2D eigenvalue weighted by molar-refractivity contribution is 6.21. The Morgan fingerprint density at radius 2 is 1.59 bits per heavy atom. The predicted octanol–water partition coefficient (Wildman–Crippen LogP) is 6.48. The largest absolute Gasteiger partial charge is 0.468 e. The van der Waals surface area contributed by atoms with Crippen LogP contribution in [0.25, 0.3) is 0 Å². The molecule has 2 atom stereocenters. The van der Waals surface area contributed by atoms with E-state index >= 15 is 0 Å². The molecule has 0 radical (unpaired) electrons. The number of nitrogens with zero attached hydrogens (tertiary/aromatic N) is 4. The molecule has 1 aliphatic rings. The third kappa shape index (κ3) is 6.37. The Morgan fingerprint density at radius 1 is 0.891 bits per heavy atom. The van der Waals surface area contributed by atoms with Crippen molar-refractivity contribution < 1.29 is 37.0 Å². The maximum atomic E-state index is 14.4. The van der Waals surface area contributed by atoms with E-state index in [9.17, 15) is 27.6 Å². The summed E-state index contributed by atoms with van der Waals surface area (Å²) in [6, 6.07) is 18.6. The van der Waals surface area contributed by atoms with Gasteiger partial charge in [-0.25, -0.2) is 4.79 Å². The van der Waals surface area contributed by atoms with Crippen LogP contribution in [0.15, 0.2) is 96.4 Å². The Labute approximate surface area is 262 Å². The van der Waals surface area contributed by atoms with Crippen LogP contribution in [-0.4, -0.2) is 40.0 Å². The number of alkyl halides is 3. The van der Waals surface area contributed by atoms with Crippen molar-refractivity contribution in [3.63, 3.8) is 0 Å². The summed E-state index contributed by atoms with van der Waals surface area (Å²) in [6.07, 6.45) is -5.24. The van der Waals surface area contributed by atoms with Crippen LogP contribution in [0.4, 0.5) is 19.0 Å². The van der Waals surface area contributed by atoms with E-state index in [4.69, 9.17) is 9.47 Å². The second-order valence-electron chi connectivity index (χ2n) is 10.9. The Morgan fingerprint density at radius 3 is 2.13 bits per heavy atom. The van der Waals surface area contributed by atoms with E-state index in [-0.39, 0.29) is 28.4 Å². The molecule has 0 bridgehead atoms. The zero-order valence-corrected chi connectivity index (χ0v) is 25.3. The number of carbonyl (C=O) groups is 3. The van der Waals surface area contributed by atoms with Crippen LogP contribution in [0.1, 0.15) is 70.3 Å². The fraction of sp³-hybridized carbons (Fsp3) is 0.235. The number of hydrogen-bond acceptors (Lipinski definition) is 8. The number of rotatable bonds is 9. The summed E-state index contributed by atoms with van der Waals surface area (Å²) in [6.45, 7) is 5.67. The number of aromatic nitrogens is 3. The Kier molecular flexibility index (Phi) is 8.99. The summed E-state index contributed by atoms with van der Waals surface area (Å²) in [4.78, 5) is 46.4. The average molecular weight is 631 g/mol. The number of ether oxygens (including phenoxy) is 2. The predicted molar refractivity (Wildman–Crippen MR) is 160 cm³/mol. The molecule has 12 heteroatoms. The molecule has 1 amide bonds. The highest BCUT2D eigenvalue weighted by Crippen LogP contribution is 2.44. The van der Waals surface area contributed by atoms with Crippen LogP contribution in [0.5, 0.6) is 0 Å². The lowest BCUT2D eigenvalue weighted by molar-refractivity contribution is -0.152. The molecule has 2 aromatic heterocycles. The Hall–Kier alpha value is -5.39. The summed E-state index contributed by atoms with van der Waals surface area (Å²) in [5.74, 6) is -2.69. The third-order valence-corrected chi connectivity index (χ3v) is 7.45. The fourth-order valence-electron chi connectivity index (χ4n) is 5.02. The highest BCUT2D eigenvalue weighted by Gasteiger charge is 2.48. The molecule has 3 heterocycles. The number of halogens is 3. The van der Waals surface area contributed by atoms with Gasteiger partial charge in [0.25, 0.3) is 5.91 Å². The minimum absolute atomic E-state index is 0.00566. The van der Waals surface area contributed by atoms with E-state index in [2.05, 4.69) is 15.2 Å². The molecule has 0 N–H and O–H groups in total. The van der Waals surface area contributed by atoms with Crippen molar-refractivity contribution in [2.24, 2.45) is 0 Å². The number of Topliss-reactive ketones (excluding diaryl/α,β-unsaturated/α-hetero) is 1. The fourth-order valence-corrected chi connectivity index (χ4v) is 5.02. The van der Waals surface area contributed by atoms with Gasteiger partial charge in [-0.15, -0.1) is 5.10 Å². The van der Waals surface area contributed by atoms with E-state index in [0.717, 1.165) is 35.9 Å². The van der Waals surface area contributed by atoms with E-state index in [1.165, 1.54) is 6.07 Å². The van der Waals surface area contributed by atoms with Crippen molar-refractivity contribution in [1.29, 1.82) is 0 Å². The molecule has 0 saturated heterocycles. The van der Waals surface area contributed by atoms with Gasteiger partial charge in [0.05, 0.1) is 24.4 Å². The Balaban J connectivity index is 1.74. The number of pyridine rings is 1. The summed E-state index contributed by atoms with van der Waals surface area (Å²) in [5, 5.41) is 8.17. The van der Waals surface area contributed by atoms with Gasteiger partial charge in [-0.3, -0.25) is 19.5 Å². The molecule has 4 aromatic rings. The maximum absolute atomic E-state index is 14.4. The molecule has 0 fully saturated rings. The normalized spacial score (nSPS) is 15.7. The standard InChI is InChI=1S/C34H29F3N4O5/c1-19(2)21-11-13-22(14-12-21)29(42)27-28(24-15-16-25(38-18-24)34(35,36)37)41(26-17-10-20(3)39-40-26)32(43)31(27)46-30(33(44)45-4)23-8-6-5-7-9-23/h5-19,28,30H,1-4H3/t28-,30+/m0/s1. The van der Waals surface area contributed by atoms with Crippen molar-refractivity contribution in [3.8, 4) is 0 Å². The minimum Gasteiger partial charge on any atom is -0.468 e. The lowest BCUT2D eigenvalue weighted by Crippen LogP contribution is -2.32. The van der Waals surface area contributed by atoms with Gasteiger partial charge in [0.15, 0.2) is 17.4 Å². The maximum Gasteiger partial charge on any atom is 0.433 e. The molecular formula is C34H29F3N4O5. The molecule has 2 aromatic carbocycles. The van der Waals surface area contributed by atoms with Crippen molar-refractivity contribution in [1.82, 2.24) is 15.2 Å². The van der Waals surface area contributed by atoms with E-state index < -0.39 is 47.4 Å². The quantitative estimate of drug-likeness (QED) is 0.153. The first-order valence-electron chi connectivity index (χ1n) is 14.3. The van der Waals surface area contributed by atoms with E-state index in [1.54, 1.807) is 67.6 Å². The van der Waals surface area contributed by atoms with Gasteiger partial charge < -0.3 is 9.47 Å². The van der Waals surface area contributed by atoms with Gasteiger partial charge >= 0.3 is 12.1 Å². The van der Waals surface area contributed by atoms with Gasteiger partial charge in [-0.2, -0.15) is 18.3 Å². The smallest absolute Gasteiger partial charge is 0.433 e. The molecular weight excluding hydrogens is 601 g/mol. The second kappa shape index (κ2) is 12.9. The van der Waals surface area contributed by atoms with Crippen LogP contribution >= 0.6 is 0 Å². The summed E-state index contributed by atoms with van der Waals surface area (Å²) >= 11 is 0. The number of benzene rings is 2. The monoisotopic (exact) mass is 630 g/mol. The molecule has 0 aliphatic carbocycles. The van der Waals surface area contributed by atoms with Crippen molar-refractivity contribution >= 4 is 23.5 Å². The first-order chi connectivity index (χ1) is 21.9. The topological polar surface area (TPSA) is 112 Å². The number of hydrogen-bond donors (Lipinski definition) is 0. The molecule has 9 nitrogen and oxygen atoms in total. The highest BCUT2D eigenvalue weighted by atomic mass is 19.4. The van der Waals surface area contributed by atoms with Gasteiger partial charge in [0.2, 0.25) is 6.10 Å². The Bertz CT molecular complexity index is 1770. The summed E-state index contributed by atoms with van der Waals surface area (Å²) < 4.78 is 51.5. The van der Waals surface area contributed by atoms with Gasteiger partial charge in [-0.05, 0) is 42.2 Å². The second-order valence-corrected chi connectivity index (χ2v) is 10.9. The summed E-state index contributed by atoms with van der Waals surface area (Å²) in [5.41, 5.74) is 0.696. The first-order valence-corrected chi connectivity index (χ1v) is 14.3. The zero-order chi connectivity index (χ0) is 33.2. The number of methoxy groups -OCH3 is 1.